The highest BCUT2D eigenvalue weighted by molar-refractivity contribution is 7.11. The molecule has 0 aliphatic carbocycles. The van der Waals surface area contributed by atoms with E-state index < -0.39 is 0 Å². The van der Waals surface area contributed by atoms with Crippen LogP contribution in [0.2, 0.25) is 0 Å². The molecular weight excluding hydrogens is 404 g/mol. The van der Waals surface area contributed by atoms with Crippen LogP contribution in [0.5, 0.6) is 0 Å². The summed E-state index contributed by atoms with van der Waals surface area (Å²) < 4.78 is 0. The van der Waals surface area contributed by atoms with Crippen molar-refractivity contribution in [1.82, 2.24) is 25.4 Å². The van der Waals surface area contributed by atoms with Gasteiger partial charge in [-0.25, -0.2) is 9.98 Å². The van der Waals surface area contributed by atoms with Crippen LogP contribution in [0.1, 0.15) is 41.3 Å². The van der Waals surface area contributed by atoms with Crippen molar-refractivity contribution in [2.45, 2.75) is 46.2 Å². The normalized spacial score (nSPS) is 16.3. The number of likely N-dealkylation sites (N-methyl/N-ethyl adjacent to an activating group) is 1. The highest BCUT2D eigenvalue weighted by atomic mass is 32.1. The first-order chi connectivity index (χ1) is 15.2. The lowest BCUT2D eigenvalue weighted by Gasteiger charge is -2.20. The van der Waals surface area contributed by atoms with Gasteiger partial charge in [-0.05, 0) is 51.0 Å². The quantitative estimate of drug-likeness (QED) is 0.462. The number of hydrogen-bond acceptors (Lipinski definition) is 5. The van der Waals surface area contributed by atoms with E-state index in [0.29, 0.717) is 6.54 Å². The maximum Gasteiger partial charge on any atom is 0.191 e. The maximum absolute atomic E-state index is 4.76. The summed E-state index contributed by atoms with van der Waals surface area (Å²) in [6.07, 6.45) is 5.24. The molecule has 1 aliphatic heterocycles. The molecule has 7 heteroatoms. The Bertz CT molecular complexity index is 801. The first-order valence-electron chi connectivity index (χ1n) is 11.6. The number of rotatable bonds is 9. The summed E-state index contributed by atoms with van der Waals surface area (Å²) in [5.74, 6) is 0.868. The van der Waals surface area contributed by atoms with Gasteiger partial charge in [0.15, 0.2) is 5.96 Å². The topological polar surface area (TPSA) is 55.8 Å². The molecule has 1 aromatic heterocycles. The molecule has 1 fully saturated rings. The lowest BCUT2D eigenvalue weighted by atomic mass is 10.1. The minimum Gasteiger partial charge on any atom is -0.357 e. The highest BCUT2D eigenvalue weighted by Gasteiger charge is 2.12. The molecule has 0 saturated carbocycles. The molecule has 2 heterocycles. The molecule has 3 rings (SSSR count). The molecule has 0 amide bonds. The van der Waals surface area contributed by atoms with E-state index in [1.165, 1.54) is 40.5 Å². The molecule has 0 spiro atoms. The predicted octanol–water partition coefficient (Wildman–Crippen LogP) is 3.14. The molecule has 6 nitrogen and oxygen atoms in total. The van der Waals surface area contributed by atoms with Crippen LogP contribution in [0.25, 0.3) is 0 Å². The number of aromatic nitrogens is 1. The van der Waals surface area contributed by atoms with E-state index >= 15 is 0 Å². The summed E-state index contributed by atoms with van der Waals surface area (Å²) in [7, 11) is 2.22. The Morgan fingerprint density at radius 1 is 1.06 bits per heavy atom. The first kappa shape index (κ1) is 23.7. The van der Waals surface area contributed by atoms with Gasteiger partial charge in [0, 0.05) is 50.2 Å². The molecule has 1 saturated heterocycles. The summed E-state index contributed by atoms with van der Waals surface area (Å²) in [6.45, 7) is 12.4. The van der Waals surface area contributed by atoms with Gasteiger partial charge in [0.25, 0.3) is 0 Å². The molecule has 1 aliphatic rings. The van der Waals surface area contributed by atoms with Crippen LogP contribution in [-0.2, 0) is 25.9 Å². The van der Waals surface area contributed by atoms with Crippen LogP contribution in [0.15, 0.2) is 35.5 Å². The summed E-state index contributed by atoms with van der Waals surface area (Å²) in [4.78, 5) is 15.6. The Morgan fingerprint density at radius 2 is 1.87 bits per heavy atom. The zero-order valence-electron chi connectivity index (χ0n) is 19.4. The summed E-state index contributed by atoms with van der Waals surface area (Å²) in [5, 5.41) is 7.97. The average molecular weight is 443 g/mol. The van der Waals surface area contributed by atoms with Crippen molar-refractivity contribution >= 4 is 17.3 Å². The van der Waals surface area contributed by atoms with Crippen molar-refractivity contribution in [2.75, 3.05) is 46.3 Å². The molecule has 0 atom stereocenters. The number of guanidine groups is 1. The summed E-state index contributed by atoms with van der Waals surface area (Å²) in [5.41, 5.74) is 2.63. The molecule has 170 valence electrons. The van der Waals surface area contributed by atoms with Crippen LogP contribution in [-0.4, -0.2) is 67.1 Å². The summed E-state index contributed by atoms with van der Waals surface area (Å²) in [6, 6.07) is 8.95. The molecule has 2 N–H and O–H groups in total. The molecular formula is C24H38N6S. The van der Waals surface area contributed by atoms with E-state index in [1.54, 1.807) is 11.3 Å². The van der Waals surface area contributed by atoms with Crippen molar-refractivity contribution in [3.05, 3.63) is 51.5 Å². The van der Waals surface area contributed by atoms with Crippen LogP contribution < -0.4 is 10.6 Å². The highest BCUT2D eigenvalue weighted by Crippen LogP contribution is 2.13. The molecule has 1 aromatic carbocycles. The van der Waals surface area contributed by atoms with Crippen molar-refractivity contribution in [3.63, 3.8) is 0 Å². The second-order valence-corrected chi connectivity index (χ2v) is 9.40. The first-order valence-corrected chi connectivity index (χ1v) is 12.4. The Morgan fingerprint density at radius 3 is 2.61 bits per heavy atom. The van der Waals surface area contributed by atoms with Crippen molar-refractivity contribution in [1.29, 1.82) is 0 Å². The van der Waals surface area contributed by atoms with Crippen molar-refractivity contribution in [2.24, 2.45) is 4.99 Å². The van der Waals surface area contributed by atoms with E-state index in [9.17, 15) is 0 Å². The lowest BCUT2D eigenvalue weighted by molar-refractivity contribution is 0.269. The SMILES string of the molecule is CCNC(=NCc1ccc(CN2CCCN(C)CC2)cc1)NCCc1ncc(CC)s1. The van der Waals surface area contributed by atoms with Crippen LogP contribution in [0, 0.1) is 0 Å². The fraction of sp³-hybridized carbons (Fsp3) is 0.583. The Labute approximate surface area is 191 Å². The molecule has 0 bridgehead atoms. The molecule has 31 heavy (non-hydrogen) atoms. The largest absolute Gasteiger partial charge is 0.357 e. The van der Waals surface area contributed by atoms with E-state index in [4.69, 9.17) is 4.99 Å². The zero-order chi connectivity index (χ0) is 21.9. The van der Waals surface area contributed by atoms with Gasteiger partial charge in [0.2, 0.25) is 0 Å². The predicted molar refractivity (Wildman–Crippen MR) is 132 cm³/mol. The maximum atomic E-state index is 4.76. The van der Waals surface area contributed by atoms with Crippen LogP contribution in [0.4, 0.5) is 0 Å². The molecule has 2 aromatic rings. The van der Waals surface area contributed by atoms with Crippen LogP contribution in [0.3, 0.4) is 0 Å². The van der Waals surface area contributed by atoms with Crippen LogP contribution >= 0.6 is 11.3 Å². The van der Waals surface area contributed by atoms with Gasteiger partial charge in [-0.2, -0.15) is 0 Å². The number of aliphatic imine (C=N–C) groups is 1. The Balaban J connectivity index is 1.47. The van der Waals surface area contributed by atoms with Gasteiger partial charge in [-0.15, -0.1) is 11.3 Å². The van der Waals surface area contributed by atoms with E-state index in [1.807, 2.05) is 6.20 Å². The minimum absolute atomic E-state index is 0.682. The third kappa shape index (κ3) is 8.24. The Kier molecular flexibility index (Phi) is 9.78. The van der Waals surface area contributed by atoms with E-state index in [0.717, 1.165) is 51.5 Å². The van der Waals surface area contributed by atoms with Crippen molar-refractivity contribution < 1.29 is 0 Å². The third-order valence-corrected chi connectivity index (χ3v) is 6.79. The minimum atomic E-state index is 0.682. The standard InChI is InChI=1S/C24H38N6S/c1-4-22-18-27-23(31-22)11-12-26-24(25-5-2)28-17-20-7-9-21(10-8-20)19-30-14-6-13-29(3)15-16-30/h7-10,18H,4-6,11-17,19H2,1-3H3,(H2,25,26,28). The number of benzene rings is 1. The third-order valence-electron chi connectivity index (χ3n) is 5.59. The van der Waals surface area contributed by atoms with Crippen molar-refractivity contribution in [3.8, 4) is 0 Å². The van der Waals surface area contributed by atoms with Gasteiger partial charge in [0.1, 0.15) is 0 Å². The van der Waals surface area contributed by atoms with E-state index in [-0.39, 0.29) is 0 Å². The number of hydrogen-bond donors (Lipinski definition) is 2. The lowest BCUT2D eigenvalue weighted by Crippen LogP contribution is -2.38. The second kappa shape index (κ2) is 12.8. The number of aryl methyl sites for hydroxylation is 1. The average Bonchev–Trinajstić information content (AvgIpc) is 3.15. The zero-order valence-corrected chi connectivity index (χ0v) is 20.2. The smallest absolute Gasteiger partial charge is 0.191 e. The van der Waals surface area contributed by atoms with Gasteiger partial charge in [0.05, 0.1) is 11.6 Å². The summed E-state index contributed by atoms with van der Waals surface area (Å²) >= 11 is 1.81. The Hall–Kier alpha value is -1.96. The monoisotopic (exact) mass is 442 g/mol. The number of nitrogens with one attached hydrogen (secondary N) is 2. The van der Waals surface area contributed by atoms with Gasteiger partial charge >= 0.3 is 0 Å². The molecule has 0 radical (unpaired) electrons. The van der Waals surface area contributed by atoms with Gasteiger partial charge in [-0.1, -0.05) is 31.2 Å². The number of thiazole rings is 1. The van der Waals surface area contributed by atoms with E-state index in [2.05, 4.69) is 70.6 Å². The number of nitrogens with zero attached hydrogens (tertiary/aromatic N) is 4. The second-order valence-electron chi connectivity index (χ2n) is 8.20. The molecule has 0 unspecified atom stereocenters. The fourth-order valence-electron chi connectivity index (χ4n) is 3.69. The van der Waals surface area contributed by atoms with Gasteiger partial charge < -0.3 is 15.5 Å². The fourth-order valence-corrected chi connectivity index (χ4v) is 4.56. The van der Waals surface area contributed by atoms with Gasteiger partial charge in [-0.3, -0.25) is 4.90 Å².